The first-order valence-corrected chi connectivity index (χ1v) is 15.4. The molecule has 0 radical (unpaired) electrons. The highest BCUT2D eigenvalue weighted by Gasteiger charge is 2.62. The van der Waals surface area contributed by atoms with E-state index in [-0.39, 0.29) is 11.6 Å². The minimum Gasteiger partial charge on any atom is -0.462 e. The van der Waals surface area contributed by atoms with Crippen molar-refractivity contribution >= 4 is 41.0 Å². The molecule has 1 unspecified atom stereocenters. The fourth-order valence-electron chi connectivity index (χ4n) is 4.25. The van der Waals surface area contributed by atoms with Crippen LogP contribution in [0.3, 0.4) is 0 Å². The Labute approximate surface area is 244 Å². The van der Waals surface area contributed by atoms with Crippen molar-refractivity contribution in [3.8, 4) is 5.75 Å². The zero-order valence-corrected chi connectivity index (χ0v) is 24.4. The van der Waals surface area contributed by atoms with Crippen molar-refractivity contribution in [2.75, 3.05) is 12.3 Å². The van der Waals surface area contributed by atoms with Gasteiger partial charge in [-0.25, -0.2) is 23.1 Å². The van der Waals surface area contributed by atoms with Gasteiger partial charge in [-0.3, -0.25) is 9.36 Å². The van der Waals surface area contributed by atoms with Crippen LogP contribution in [-0.4, -0.2) is 63.7 Å². The largest absolute Gasteiger partial charge is 0.462 e. The number of aliphatic hydroxyl groups excluding tert-OH is 1. The summed E-state index contributed by atoms with van der Waals surface area (Å²) in [5.41, 5.74) is 1.33. The molecule has 3 aromatic rings. The minimum atomic E-state index is -3.94. The van der Waals surface area contributed by atoms with Gasteiger partial charge in [0, 0.05) is 6.20 Å². The van der Waals surface area contributed by atoms with Crippen LogP contribution in [0.25, 0.3) is 10.8 Å². The molecule has 228 valence electrons. The van der Waals surface area contributed by atoms with E-state index in [2.05, 4.69) is 10.1 Å². The second-order valence-corrected chi connectivity index (χ2v) is 13.0. The van der Waals surface area contributed by atoms with Gasteiger partial charge in [0.15, 0.2) is 18.0 Å². The quantitative estimate of drug-likeness (QED) is 0.211. The van der Waals surface area contributed by atoms with Crippen molar-refractivity contribution in [3.63, 3.8) is 0 Å². The monoisotopic (exact) mass is 630 g/mol. The van der Waals surface area contributed by atoms with E-state index in [4.69, 9.17) is 36.1 Å². The molecule has 0 amide bonds. The van der Waals surface area contributed by atoms with Crippen LogP contribution in [0, 0.1) is 0 Å². The number of benzene rings is 2. The van der Waals surface area contributed by atoms with Crippen molar-refractivity contribution in [3.05, 3.63) is 65.2 Å². The summed E-state index contributed by atoms with van der Waals surface area (Å²) in [4.78, 5) is 28.3. The Morgan fingerprint density at radius 2 is 1.93 bits per heavy atom. The molecule has 11 nitrogen and oxygen atoms in total. The summed E-state index contributed by atoms with van der Waals surface area (Å²) in [5.74, 6) is -0.715. The van der Waals surface area contributed by atoms with Gasteiger partial charge in [-0.05, 0) is 61.5 Å². The standard InChI is InChI=1S/C26H30F3N4O7PS/c1-14(2)38-23(35)15(3)32-41(42,40-18-9-8-16-6-4-5-7-17(16)12-18)37-13-26(24(28)29)21(27)20(34)22(39-26)33-11-10-19(30)31-25(33)36/h4-12,14-15,20-22,24,34H,13H2,1-3H3,(H,32,42)(H2,30,31,36)/t15-,20+,21-,22+,26+,41?/m0/s1. The lowest BCUT2D eigenvalue weighted by Crippen LogP contribution is -2.51. The number of aromatic nitrogens is 2. The van der Waals surface area contributed by atoms with Gasteiger partial charge in [-0.2, -0.15) is 4.98 Å². The van der Waals surface area contributed by atoms with Crippen LogP contribution in [-0.2, 0) is 30.6 Å². The third-order valence-electron chi connectivity index (χ3n) is 6.36. The number of rotatable bonds is 11. The van der Waals surface area contributed by atoms with Gasteiger partial charge in [0.1, 0.15) is 23.7 Å². The molecule has 4 rings (SSSR count). The number of carbonyl (C=O) groups is 1. The van der Waals surface area contributed by atoms with Crippen LogP contribution in [0.1, 0.15) is 27.0 Å². The second kappa shape index (κ2) is 12.7. The summed E-state index contributed by atoms with van der Waals surface area (Å²) in [5, 5.41) is 14.9. The van der Waals surface area contributed by atoms with Crippen molar-refractivity contribution in [1.29, 1.82) is 0 Å². The molecule has 4 N–H and O–H groups in total. The van der Waals surface area contributed by atoms with Crippen LogP contribution in [0.2, 0.25) is 0 Å². The SMILES string of the molecule is CC(C)OC(=O)[C@H](C)NP(=S)(OC[C@@]1(C(F)F)O[C@@H](n2ccc(N)nc2=O)[C@H](O)[C@@H]1F)Oc1ccc2ccccc2c1. The Hall–Kier alpha value is -3.07. The Morgan fingerprint density at radius 1 is 1.24 bits per heavy atom. The number of nitrogens with zero attached hydrogens (tertiary/aromatic N) is 2. The fourth-order valence-corrected chi connectivity index (χ4v) is 6.66. The Balaban J connectivity index is 1.65. The van der Waals surface area contributed by atoms with E-state index in [1.807, 2.05) is 18.2 Å². The van der Waals surface area contributed by atoms with Crippen LogP contribution in [0.15, 0.2) is 59.5 Å². The molecule has 0 saturated carbocycles. The highest BCUT2D eigenvalue weighted by molar-refractivity contribution is 8.09. The van der Waals surface area contributed by atoms with Gasteiger partial charge in [0.05, 0.1) is 12.7 Å². The molecule has 0 bridgehead atoms. The number of alkyl halides is 3. The van der Waals surface area contributed by atoms with Gasteiger partial charge in [-0.1, -0.05) is 30.3 Å². The van der Waals surface area contributed by atoms with Gasteiger partial charge >= 0.3 is 18.3 Å². The lowest BCUT2D eigenvalue weighted by Gasteiger charge is -2.33. The molecular formula is C26H30F3N4O7PS. The van der Waals surface area contributed by atoms with Crippen LogP contribution in [0.4, 0.5) is 19.0 Å². The predicted molar refractivity (Wildman–Crippen MR) is 151 cm³/mol. The zero-order chi connectivity index (χ0) is 30.8. The number of carbonyl (C=O) groups excluding carboxylic acids is 1. The van der Waals surface area contributed by atoms with Crippen LogP contribution < -0.4 is 21.0 Å². The second-order valence-electron chi connectivity index (χ2n) is 9.91. The van der Waals surface area contributed by atoms with Gasteiger partial charge in [-0.15, -0.1) is 0 Å². The number of nitrogens with two attached hydrogens (primary N) is 1. The topological polar surface area (TPSA) is 147 Å². The average molecular weight is 631 g/mol. The maximum atomic E-state index is 15.5. The molecule has 1 fully saturated rings. The Bertz CT molecular complexity index is 1550. The molecule has 1 aliphatic rings. The number of hydrogen-bond acceptors (Lipinski definition) is 10. The molecule has 2 heterocycles. The lowest BCUT2D eigenvalue weighted by molar-refractivity contribution is -0.182. The number of nitrogen functional groups attached to an aromatic ring is 1. The number of hydrogen-bond donors (Lipinski definition) is 3. The smallest absolute Gasteiger partial charge is 0.351 e. The third kappa shape index (κ3) is 6.77. The van der Waals surface area contributed by atoms with E-state index in [0.717, 1.165) is 23.0 Å². The molecule has 42 heavy (non-hydrogen) atoms. The minimum absolute atomic E-state index is 0.174. The first-order chi connectivity index (χ1) is 19.7. The number of ether oxygens (including phenoxy) is 2. The number of fused-ring (bicyclic) bond motifs is 1. The summed E-state index contributed by atoms with van der Waals surface area (Å²) >= 11 is 5.60. The molecule has 2 aromatic carbocycles. The number of esters is 1. The average Bonchev–Trinajstić information content (AvgIpc) is 3.17. The van der Waals surface area contributed by atoms with E-state index >= 15 is 4.39 Å². The van der Waals surface area contributed by atoms with Crippen LogP contribution >= 0.6 is 6.64 Å². The molecule has 6 atom stereocenters. The maximum Gasteiger partial charge on any atom is 0.351 e. The summed E-state index contributed by atoms with van der Waals surface area (Å²) in [6.45, 7) is -0.478. The lowest BCUT2D eigenvalue weighted by atomic mass is 9.98. The van der Waals surface area contributed by atoms with E-state index in [0.29, 0.717) is 4.57 Å². The molecule has 1 aliphatic heterocycles. The fraction of sp³-hybridized carbons (Fsp3) is 0.423. The van der Waals surface area contributed by atoms with Gasteiger partial charge in [0.25, 0.3) is 6.43 Å². The van der Waals surface area contributed by atoms with Gasteiger partial charge < -0.3 is 29.4 Å². The summed E-state index contributed by atoms with van der Waals surface area (Å²) < 4.78 is 67.4. The predicted octanol–water partition coefficient (Wildman–Crippen LogP) is 3.46. The first kappa shape index (κ1) is 31.9. The van der Waals surface area contributed by atoms with E-state index < -0.39 is 67.6 Å². The molecular weight excluding hydrogens is 600 g/mol. The Morgan fingerprint density at radius 3 is 2.57 bits per heavy atom. The van der Waals surface area contributed by atoms with Crippen LogP contribution in [0.5, 0.6) is 5.75 Å². The van der Waals surface area contributed by atoms with E-state index in [9.17, 15) is 23.5 Å². The number of halogens is 3. The summed E-state index contributed by atoms with van der Waals surface area (Å²) in [6, 6.07) is 12.3. The highest BCUT2D eigenvalue weighted by atomic mass is 32.5. The third-order valence-corrected chi connectivity index (χ3v) is 8.84. The molecule has 1 aromatic heterocycles. The van der Waals surface area contributed by atoms with Crippen molar-refractivity contribution in [2.24, 2.45) is 0 Å². The number of nitrogens with one attached hydrogen (secondary N) is 1. The molecule has 0 aliphatic carbocycles. The number of aliphatic hydroxyl groups is 1. The van der Waals surface area contributed by atoms with Crippen molar-refractivity contribution < 1.29 is 41.6 Å². The van der Waals surface area contributed by atoms with Gasteiger partial charge in [0.2, 0.25) is 0 Å². The normalized spacial score (nSPS) is 24.5. The van der Waals surface area contributed by atoms with E-state index in [1.165, 1.54) is 6.92 Å². The first-order valence-electron chi connectivity index (χ1n) is 12.8. The molecule has 1 saturated heterocycles. The Kier molecular flexibility index (Phi) is 9.60. The highest BCUT2D eigenvalue weighted by Crippen LogP contribution is 2.50. The molecule has 0 spiro atoms. The maximum absolute atomic E-state index is 15.5. The molecule has 16 heteroatoms. The zero-order valence-electron chi connectivity index (χ0n) is 22.7. The van der Waals surface area contributed by atoms with E-state index in [1.54, 1.807) is 38.1 Å². The summed E-state index contributed by atoms with van der Waals surface area (Å²) in [6.07, 6.45) is -9.82. The van der Waals surface area contributed by atoms with Crippen molar-refractivity contribution in [1.82, 2.24) is 14.6 Å². The number of anilines is 1. The summed E-state index contributed by atoms with van der Waals surface area (Å²) in [7, 11) is 0. The van der Waals surface area contributed by atoms with Crippen molar-refractivity contribution in [2.45, 2.75) is 63.4 Å².